The molecule has 2 fully saturated rings. The first-order valence-electron chi connectivity index (χ1n) is 9.16. The number of likely N-dealkylation sites (tertiary alicyclic amines) is 1. The van der Waals surface area contributed by atoms with Crippen LogP contribution in [-0.2, 0) is 11.3 Å². The third kappa shape index (κ3) is 5.31. The van der Waals surface area contributed by atoms with Crippen molar-refractivity contribution in [3.05, 3.63) is 35.6 Å². The molecule has 1 heterocycles. The van der Waals surface area contributed by atoms with Crippen molar-refractivity contribution >= 4 is 35.8 Å². The van der Waals surface area contributed by atoms with Gasteiger partial charge < -0.3 is 15.5 Å². The molecule has 26 heavy (non-hydrogen) atoms. The molecule has 3 rings (SSSR count). The van der Waals surface area contributed by atoms with Gasteiger partial charge in [0.05, 0.1) is 0 Å². The summed E-state index contributed by atoms with van der Waals surface area (Å²) < 4.78 is 13.7. The number of guanidine groups is 1. The van der Waals surface area contributed by atoms with Crippen molar-refractivity contribution in [3.8, 4) is 0 Å². The maximum absolute atomic E-state index is 13.7. The number of rotatable bonds is 4. The molecule has 7 heteroatoms. The molecular formula is C19H28FIN4O. The van der Waals surface area contributed by atoms with Crippen LogP contribution in [0.4, 0.5) is 4.39 Å². The lowest BCUT2D eigenvalue weighted by Crippen LogP contribution is -2.45. The molecule has 1 aliphatic carbocycles. The number of hydrogen-bond acceptors (Lipinski definition) is 2. The minimum atomic E-state index is -0.223. The second-order valence-corrected chi connectivity index (χ2v) is 6.91. The summed E-state index contributed by atoms with van der Waals surface area (Å²) in [4.78, 5) is 18.7. The van der Waals surface area contributed by atoms with E-state index in [0.29, 0.717) is 24.0 Å². The highest BCUT2D eigenvalue weighted by Gasteiger charge is 2.32. The number of carbonyl (C=O) groups is 1. The van der Waals surface area contributed by atoms with Crippen LogP contribution in [0, 0.1) is 11.7 Å². The molecule has 1 amide bonds. The molecule has 5 nitrogen and oxygen atoms in total. The molecule has 144 valence electrons. The van der Waals surface area contributed by atoms with Crippen LogP contribution in [0.5, 0.6) is 0 Å². The Morgan fingerprint density at radius 3 is 2.69 bits per heavy atom. The lowest BCUT2D eigenvalue weighted by atomic mass is 10.1. The molecule has 1 aromatic rings. The Kier molecular flexibility index (Phi) is 8.12. The Labute approximate surface area is 171 Å². The highest BCUT2D eigenvalue weighted by molar-refractivity contribution is 14.0. The Morgan fingerprint density at radius 1 is 1.27 bits per heavy atom. The standard InChI is InChI=1S/C19H27FN4O.HI/c1-21-19(22-12-15-8-4-5-9-17(15)20)23-16-10-11-24(13-16)18(25)14-6-2-3-7-14;/h4-5,8-9,14,16H,2-3,6-7,10-13H2,1H3,(H2,21,22,23);1H. The zero-order chi connectivity index (χ0) is 17.6. The van der Waals surface area contributed by atoms with Gasteiger partial charge in [-0.3, -0.25) is 9.79 Å². The number of carbonyl (C=O) groups excluding carboxylic acids is 1. The van der Waals surface area contributed by atoms with E-state index in [9.17, 15) is 9.18 Å². The summed E-state index contributed by atoms with van der Waals surface area (Å²) in [6.45, 7) is 1.90. The van der Waals surface area contributed by atoms with Gasteiger partial charge in [-0.05, 0) is 25.3 Å². The molecule has 0 radical (unpaired) electrons. The van der Waals surface area contributed by atoms with Gasteiger partial charge in [-0.15, -0.1) is 24.0 Å². The van der Waals surface area contributed by atoms with Crippen molar-refractivity contribution in [1.29, 1.82) is 0 Å². The highest BCUT2D eigenvalue weighted by atomic mass is 127. The van der Waals surface area contributed by atoms with Crippen molar-refractivity contribution in [1.82, 2.24) is 15.5 Å². The van der Waals surface area contributed by atoms with Crippen molar-refractivity contribution in [2.75, 3.05) is 20.1 Å². The van der Waals surface area contributed by atoms with E-state index < -0.39 is 0 Å². The minimum absolute atomic E-state index is 0. The summed E-state index contributed by atoms with van der Waals surface area (Å²) in [6, 6.07) is 6.90. The second-order valence-electron chi connectivity index (χ2n) is 6.91. The topological polar surface area (TPSA) is 56.7 Å². The number of hydrogen-bond donors (Lipinski definition) is 2. The van der Waals surface area contributed by atoms with Gasteiger partial charge >= 0.3 is 0 Å². The van der Waals surface area contributed by atoms with Crippen molar-refractivity contribution < 1.29 is 9.18 Å². The van der Waals surface area contributed by atoms with Crippen LogP contribution >= 0.6 is 24.0 Å². The van der Waals surface area contributed by atoms with Crippen LogP contribution < -0.4 is 10.6 Å². The molecule has 1 aromatic carbocycles. The zero-order valence-electron chi connectivity index (χ0n) is 15.2. The molecule has 0 aromatic heterocycles. The quantitative estimate of drug-likeness (QED) is 0.401. The maximum atomic E-state index is 13.7. The molecule has 1 unspecified atom stereocenters. The average Bonchev–Trinajstić information content (AvgIpc) is 3.31. The van der Waals surface area contributed by atoms with E-state index >= 15 is 0 Å². The van der Waals surface area contributed by atoms with Gasteiger partial charge in [-0.2, -0.15) is 0 Å². The first-order valence-corrected chi connectivity index (χ1v) is 9.16. The Hall–Kier alpha value is -1.38. The third-order valence-electron chi connectivity index (χ3n) is 5.17. The summed E-state index contributed by atoms with van der Waals surface area (Å²) in [7, 11) is 1.70. The summed E-state index contributed by atoms with van der Waals surface area (Å²) in [5.74, 6) is 0.969. The normalized spacial score (nSPS) is 20.8. The molecule has 0 bridgehead atoms. The van der Waals surface area contributed by atoms with E-state index in [1.54, 1.807) is 19.2 Å². The number of nitrogens with one attached hydrogen (secondary N) is 2. The Morgan fingerprint density at radius 2 is 2.00 bits per heavy atom. The lowest BCUT2D eigenvalue weighted by Gasteiger charge is -2.21. The Bertz CT molecular complexity index is 634. The fourth-order valence-electron chi connectivity index (χ4n) is 3.72. The van der Waals surface area contributed by atoms with E-state index in [1.807, 2.05) is 11.0 Å². The van der Waals surface area contributed by atoms with Crippen LogP contribution in [0.1, 0.15) is 37.7 Å². The van der Waals surface area contributed by atoms with Gasteiger partial charge in [0.25, 0.3) is 0 Å². The van der Waals surface area contributed by atoms with Gasteiger partial charge in [0.15, 0.2) is 5.96 Å². The first kappa shape index (κ1) is 20.9. The maximum Gasteiger partial charge on any atom is 0.225 e. The molecule has 1 atom stereocenters. The number of halogens is 2. The largest absolute Gasteiger partial charge is 0.352 e. The van der Waals surface area contributed by atoms with Crippen LogP contribution in [0.15, 0.2) is 29.3 Å². The predicted octanol–water partition coefficient (Wildman–Crippen LogP) is 2.90. The summed E-state index contributed by atoms with van der Waals surface area (Å²) in [5.41, 5.74) is 0.606. The first-order chi connectivity index (χ1) is 12.2. The molecule has 1 aliphatic heterocycles. The van der Waals surface area contributed by atoms with Gasteiger partial charge in [-0.25, -0.2) is 4.39 Å². The molecular weight excluding hydrogens is 446 g/mol. The monoisotopic (exact) mass is 474 g/mol. The van der Waals surface area contributed by atoms with Gasteiger partial charge in [0.2, 0.25) is 5.91 Å². The van der Waals surface area contributed by atoms with Crippen molar-refractivity contribution in [2.45, 2.75) is 44.7 Å². The highest BCUT2D eigenvalue weighted by Crippen LogP contribution is 2.27. The van der Waals surface area contributed by atoms with Crippen LogP contribution in [-0.4, -0.2) is 42.9 Å². The minimum Gasteiger partial charge on any atom is -0.352 e. The summed E-state index contributed by atoms with van der Waals surface area (Å²) >= 11 is 0. The van der Waals surface area contributed by atoms with E-state index in [2.05, 4.69) is 15.6 Å². The van der Waals surface area contributed by atoms with E-state index in [0.717, 1.165) is 32.4 Å². The van der Waals surface area contributed by atoms with E-state index in [1.165, 1.54) is 18.9 Å². The SMILES string of the molecule is CN=C(NCc1ccccc1F)NC1CCN(C(=O)C2CCCC2)C1.I. The van der Waals surface area contributed by atoms with Crippen molar-refractivity contribution in [3.63, 3.8) is 0 Å². The lowest BCUT2D eigenvalue weighted by molar-refractivity contribution is -0.134. The van der Waals surface area contributed by atoms with Crippen LogP contribution in [0.2, 0.25) is 0 Å². The van der Waals surface area contributed by atoms with Crippen molar-refractivity contribution in [2.24, 2.45) is 10.9 Å². The molecule has 1 saturated heterocycles. The molecule has 2 aliphatic rings. The number of aliphatic imine (C=N–C) groups is 1. The molecule has 1 saturated carbocycles. The fourth-order valence-corrected chi connectivity index (χ4v) is 3.72. The van der Waals surface area contributed by atoms with Gasteiger partial charge in [-0.1, -0.05) is 31.0 Å². The fraction of sp³-hybridized carbons (Fsp3) is 0.579. The average molecular weight is 474 g/mol. The molecule has 0 spiro atoms. The van der Waals surface area contributed by atoms with Gasteiger partial charge in [0, 0.05) is 44.2 Å². The van der Waals surface area contributed by atoms with Crippen LogP contribution in [0.3, 0.4) is 0 Å². The van der Waals surface area contributed by atoms with Gasteiger partial charge in [0.1, 0.15) is 5.82 Å². The predicted molar refractivity (Wildman–Crippen MR) is 112 cm³/mol. The Balaban J connectivity index is 0.00000243. The number of amides is 1. The van der Waals surface area contributed by atoms with Crippen LogP contribution in [0.25, 0.3) is 0 Å². The van der Waals surface area contributed by atoms with E-state index in [4.69, 9.17) is 0 Å². The summed E-state index contributed by atoms with van der Waals surface area (Å²) in [5, 5.41) is 6.50. The number of benzene rings is 1. The summed E-state index contributed by atoms with van der Waals surface area (Å²) in [6.07, 6.45) is 5.36. The smallest absolute Gasteiger partial charge is 0.225 e. The van der Waals surface area contributed by atoms with E-state index in [-0.39, 0.29) is 41.8 Å². The third-order valence-corrected chi connectivity index (χ3v) is 5.17. The second kappa shape index (κ2) is 10.1. The number of nitrogens with zero attached hydrogens (tertiary/aromatic N) is 2. The molecule has 2 N–H and O–H groups in total. The zero-order valence-corrected chi connectivity index (χ0v) is 17.5.